The quantitative estimate of drug-likeness (QED) is 0.857. The molecule has 3 rings (SSSR count). The van der Waals surface area contributed by atoms with Gasteiger partial charge in [0.05, 0.1) is 12.5 Å². The molecule has 1 aliphatic heterocycles. The van der Waals surface area contributed by atoms with Crippen molar-refractivity contribution in [1.82, 2.24) is 15.5 Å². The van der Waals surface area contributed by atoms with Gasteiger partial charge in [0.15, 0.2) is 0 Å². The predicted molar refractivity (Wildman–Crippen MR) is 84.0 cm³/mol. The standard InChI is InChI=1S/C17H22FN3O2/c18-14-7-2-1-4-12(14)11-21-9-8-19-17(23)15(21)10-16(22)20-13-5-3-6-13/h1-2,4,7,13,15H,3,5-6,8-11H2,(H,19,23)(H,20,22). The highest BCUT2D eigenvalue weighted by Gasteiger charge is 2.32. The summed E-state index contributed by atoms with van der Waals surface area (Å²) in [4.78, 5) is 26.2. The zero-order valence-corrected chi connectivity index (χ0v) is 13.1. The van der Waals surface area contributed by atoms with Crippen LogP contribution in [0.3, 0.4) is 0 Å². The lowest BCUT2D eigenvalue weighted by atomic mass is 9.93. The second kappa shape index (κ2) is 7.08. The van der Waals surface area contributed by atoms with Crippen LogP contribution in [0.1, 0.15) is 31.2 Å². The molecule has 1 saturated carbocycles. The molecule has 2 amide bonds. The summed E-state index contributed by atoms with van der Waals surface area (Å²) in [6.07, 6.45) is 3.30. The van der Waals surface area contributed by atoms with E-state index in [-0.39, 0.29) is 30.1 Å². The lowest BCUT2D eigenvalue weighted by Gasteiger charge is -2.35. The fourth-order valence-corrected chi connectivity index (χ4v) is 3.03. The third-order valence-electron chi connectivity index (χ3n) is 4.62. The molecular weight excluding hydrogens is 297 g/mol. The van der Waals surface area contributed by atoms with Crippen molar-refractivity contribution in [1.29, 1.82) is 0 Å². The largest absolute Gasteiger partial charge is 0.353 e. The number of piperazine rings is 1. The van der Waals surface area contributed by atoms with Crippen molar-refractivity contribution in [3.63, 3.8) is 0 Å². The van der Waals surface area contributed by atoms with Gasteiger partial charge in [-0.25, -0.2) is 4.39 Å². The fourth-order valence-electron chi connectivity index (χ4n) is 3.03. The van der Waals surface area contributed by atoms with Crippen LogP contribution >= 0.6 is 0 Å². The zero-order valence-electron chi connectivity index (χ0n) is 13.1. The van der Waals surface area contributed by atoms with E-state index in [0.717, 1.165) is 19.3 Å². The van der Waals surface area contributed by atoms with E-state index in [9.17, 15) is 14.0 Å². The molecule has 0 radical (unpaired) electrons. The minimum absolute atomic E-state index is 0.102. The van der Waals surface area contributed by atoms with Crippen LogP contribution in [-0.4, -0.2) is 41.9 Å². The smallest absolute Gasteiger partial charge is 0.237 e. The summed E-state index contributed by atoms with van der Waals surface area (Å²) in [5, 5.41) is 5.76. The first-order valence-corrected chi connectivity index (χ1v) is 8.18. The Balaban J connectivity index is 1.65. The lowest BCUT2D eigenvalue weighted by Crippen LogP contribution is -2.56. The summed E-state index contributed by atoms with van der Waals surface area (Å²) in [5.74, 6) is -0.539. The molecule has 1 aromatic carbocycles. The average Bonchev–Trinajstić information content (AvgIpc) is 2.49. The maximum Gasteiger partial charge on any atom is 0.237 e. The van der Waals surface area contributed by atoms with Gasteiger partial charge in [-0.3, -0.25) is 14.5 Å². The average molecular weight is 319 g/mol. The molecule has 2 N–H and O–H groups in total. The van der Waals surface area contributed by atoms with Gasteiger partial charge in [-0.15, -0.1) is 0 Å². The van der Waals surface area contributed by atoms with Gasteiger partial charge in [0, 0.05) is 31.2 Å². The highest BCUT2D eigenvalue weighted by molar-refractivity contribution is 5.88. The lowest BCUT2D eigenvalue weighted by molar-refractivity contribution is -0.134. The molecule has 1 unspecified atom stereocenters. The fraction of sp³-hybridized carbons (Fsp3) is 0.529. The summed E-state index contributed by atoms with van der Waals surface area (Å²) < 4.78 is 13.9. The van der Waals surface area contributed by atoms with Gasteiger partial charge in [0.1, 0.15) is 5.82 Å². The van der Waals surface area contributed by atoms with Crippen molar-refractivity contribution in [2.75, 3.05) is 13.1 Å². The number of nitrogens with zero attached hydrogens (tertiary/aromatic N) is 1. The minimum Gasteiger partial charge on any atom is -0.353 e. The van der Waals surface area contributed by atoms with Gasteiger partial charge >= 0.3 is 0 Å². The highest BCUT2D eigenvalue weighted by atomic mass is 19.1. The SMILES string of the molecule is O=C(CC1C(=O)NCCN1Cc1ccccc1F)NC1CCC1. The molecule has 0 aromatic heterocycles. The summed E-state index contributed by atoms with van der Waals surface area (Å²) >= 11 is 0. The molecule has 6 heteroatoms. The van der Waals surface area contributed by atoms with Crippen LogP contribution in [-0.2, 0) is 16.1 Å². The van der Waals surface area contributed by atoms with E-state index >= 15 is 0 Å². The van der Waals surface area contributed by atoms with Crippen LogP contribution in [0.2, 0.25) is 0 Å². The van der Waals surface area contributed by atoms with Crippen molar-refractivity contribution < 1.29 is 14.0 Å². The normalized spacial score (nSPS) is 22.3. The predicted octanol–water partition coefficient (Wildman–Crippen LogP) is 1.18. The van der Waals surface area contributed by atoms with E-state index in [4.69, 9.17) is 0 Å². The molecule has 1 heterocycles. The van der Waals surface area contributed by atoms with E-state index in [1.165, 1.54) is 6.07 Å². The van der Waals surface area contributed by atoms with Gasteiger partial charge < -0.3 is 10.6 Å². The van der Waals surface area contributed by atoms with E-state index in [2.05, 4.69) is 10.6 Å². The summed E-state index contributed by atoms with van der Waals surface area (Å²) in [5.41, 5.74) is 0.548. The number of halogens is 1. The van der Waals surface area contributed by atoms with Gasteiger partial charge in [0.25, 0.3) is 0 Å². The number of amides is 2. The van der Waals surface area contributed by atoms with Crippen LogP contribution in [0.4, 0.5) is 4.39 Å². The van der Waals surface area contributed by atoms with Crippen molar-refractivity contribution in [2.24, 2.45) is 0 Å². The van der Waals surface area contributed by atoms with Crippen LogP contribution in [0.15, 0.2) is 24.3 Å². The maximum absolute atomic E-state index is 13.9. The molecule has 1 saturated heterocycles. The number of nitrogens with one attached hydrogen (secondary N) is 2. The van der Waals surface area contributed by atoms with Gasteiger partial charge in [-0.1, -0.05) is 18.2 Å². The Kier molecular flexibility index (Phi) is 4.91. The highest BCUT2D eigenvalue weighted by Crippen LogP contribution is 2.19. The molecule has 1 aliphatic carbocycles. The first-order chi connectivity index (χ1) is 11.1. The molecule has 124 valence electrons. The monoisotopic (exact) mass is 319 g/mol. The third-order valence-corrected chi connectivity index (χ3v) is 4.62. The Hall–Kier alpha value is -1.95. The first kappa shape index (κ1) is 15.9. The summed E-state index contributed by atoms with van der Waals surface area (Å²) in [6, 6.07) is 6.27. The Morgan fingerprint density at radius 2 is 2.13 bits per heavy atom. The van der Waals surface area contributed by atoms with Crippen molar-refractivity contribution in [3.05, 3.63) is 35.6 Å². The van der Waals surface area contributed by atoms with Crippen LogP contribution < -0.4 is 10.6 Å². The Morgan fingerprint density at radius 3 is 2.83 bits per heavy atom. The van der Waals surface area contributed by atoms with E-state index in [1.54, 1.807) is 18.2 Å². The number of hydrogen-bond donors (Lipinski definition) is 2. The number of rotatable bonds is 5. The molecule has 1 aromatic rings. The van der Waals surface area contributed by atoms with Crippen LogP contribution in [0.25, 0.3) is 0 Å². The van der Waals surface area contributed by atoms with Gasteiger partial charge in [-0.2, -0.15) is 0 Å². The molecule has 0 spiro atoms. The van der Waals surface area contributed by atoms with Crippen LogP contribution in [0, 0.1) is 5.82 Å². The molecule has 2 fully saturated rings. The summed E-state index contributed by atoms with van der Waals surface area (Å²) in [6.45, 7) is 1.47. The zero-order chi connectivity index (χ0) is 16.2. The van der Waals surface area contributed by atoms with Crippen molar-refractivity contribution in [2.45, 2.75) is 44.3 Å². The minimum atomic E-state index is -0.538. The maximum atomic E-state index is 13.9. The Bertz CT molecular complexity index is 589. The third kappa shape index (κ3) is 3.88. The van der Waals surface area contributed by atoms with Crippen LogP contribution in [0.5, 0.6) is 0 Å². The number of carbonyl (C=O) groups is 2. The second-order valence-corrected chi connectivity index (χ2v) is 6.27. The Labute approximate surface area is 135 Å². The molecule has 2 aliphatic rings. The Morgan fingerprint density at radius 1 is 1.35 bits per heavy atom. The topological polar surface area (TPSA) is 61.4 Å². The molecule has 23 heavy (non-hydrogen) atoms. The molecule has 1 atom stereocenters. The van der Waals surface area contributed by atoms with E-state index < -0.39 is 6.04 Å². The van der Waals surface area contributed by atoms with E-state index in [1.807, 2.05) is 4.90 Å². The second-order valence-electron chi connectivity index (χ2n) is 6.27. The number of hydrogen-bond acceptors (Lipinski definition) is 3. The number of benzene rings is 1. The van der Waals surface area contributed by atoms with Gasteiger partial charge in [-0.05, 0) is 25.3 Å². The van der Waals surface area contributed by atoms with Crippen molar-refractivity contribution >= 4 is 11.8 Å². The summed E-state index contributed by atoms with van der Waals surface area (Å²) in [7, 11) is 0. The van der Waals surface area contributed by atoms with Gasteiger partial charge in [0.2, 0.25) is 11.8 Å². The molecule has 0 bridgehead atoms. The molecule has 5 nitrogen and oxygen atoms in total. The van der Waals surface area contributed by atoms with E-state index in [0.29, 0.717) is 25.2 Å². The first-order valence-electron chi connectivity index (χ1n) is 8.18. The van der Waals surface area contributed by atoms with Crippen molar-refractivity contribution in [3.8, 4) is 0 Å². The number of carbonyl (C=O) groups excluding carboxylic acids is 2. The molecular formula is C17H22FN3O2.